The molecule has 0 bridgehead atoms. The number of hydrogen-bond acceptors (Lipinski definition) is 5. The zero-order chi connectivity index (χ0) is 24.6. The Morgan fingerprint density at radius 3 is 2.69 bits per heavy atom. The molecule has 2 aromatic carbocycles. The van der Waals surface area contributed by atoms with Crippen molar-refractivity contribution in [1.29, 1.82) is 0 Å². The number of rotatable bonds is 7. The van der Waals surface area contributed by atoms with Gasteiger partial charge in [0.25, 0.3) is 0 Å². The van der Waals surface area contributed by atoms with Gasteiger partial charge in [0.2, 0.25) is 0 Å². The molecule has 5 rings (SSSR count). The van der Waals surface area contributed by atoms with E-state index in [2.05, 4.69) is 37.3 Å². The van der Waals surface area contributed by atoms with Crippen LogP contribution in [0.3, 0.4) is 0 Å². The van der Waals surface area contributed by atoms with Crippen LogP contribution in [0.15, 0.2) is 42.5 Å². The van der Waals surface area contributed by atoms with Gasteiger partial charge in [-0.2, -0.15) is 0 Å². The van der Waals surface area contributed by atoms with Crippen molar-refractivity contribution in [3.05, 3.63) is 59.2 Å². The van der Waals surface area contributed by atoms with Gasteiger partial charge < -0.3 is 14.9 Å². The van der Waals surface area contributed by atoms with E-state index in [-0.39, 0.29) is 16.6 Å². The van der Waals surface area contributed by atoms with Gasteiger partial charge in [-0.3, -0.25) is 4.79 Å². The molecule has 2 N–H and O–H groups in total. The maximum atomic E-state index is 11.0. The summed E-state index contributed by atoms with van der Waals surface area (Å²) in [7, 11) is 0. The fourth-order valence-corrected chi connectivity index (χ4v) is 8.05. The Balaban J connectivity index is 1.35. The standard InChI is InChI=1S/C30H38O4S/c1-19(31)35-16-4-3-15-34-23-9-5-20(6-10-23)26-18-30(2)27(13-14-28(30)33)25-11-7-21-17-22(32)8-12-24(21)29(25)26/h5-6,8-10,12,17,25-29,32-33H,3-4,7,11,13-16,18H2,1-2H3/t25-,26+,27-,28-,29+,30-/m0/s1. The lowest BCUT2D eigenvalue weighted by Crippen LogP contribution is -2.47. The molecule has 2 saturated carbocycles. The quantitative estimate of drug-likeness (QED) is 0.434. The van der Waals surface area contributed by atoms with E-state index in [1.54, 1.807) is 6.92 Å². The predicted molar refractivity (Wildman–Crippen MR) is 141 cm³/mol. The molecule has 0 aromatic heterocycles. The second-order valence-corrected chi connectivity index (χ2v) is 12.4. The fraction of sp³-hybridized carbons (Fsp3) is 0.567. The third-order valence-corrected chi connectivity index (χ3v) is 9.98. The van der Waals surface area contributed by atoms with Crippen molar-refractivity contribution in [2.75, 3.05) is 12.4 Å². The number of hydrogen-bond donors (Lipinski definition) is 2. The molecule has 3 aliphatic carbocycles. The number of aromatic hydroxyl groups is 1. The topological polar surface area (TPSA) is 66.8 Å². The van der Waals surface area contributed by atoms with Crippen molar-refractivity contribution in [1.82, 2.24) is 0 Å². The molecular formula is C30H38O4S. The SMILES string of the molecule is CC(=O)SCCCCOc1ccc([C@H]2C[C@]3(C)[C@@H](O)CC[C@H]3[C@@H]3CCc4cc(O)ccc4[C@H]32)cc1. The van der Waals surface area contributed by atoms with E-state index in [1.165, 1.54) is 28.5 Å². The second-order valence-electron chi connectivity index (χ2n) is 11.1. The first-order valence-corrected chi connectivity index (χ1v) is 14.2. The number of aryl methyl sites for hydroxylation is 1. The molecule has 0 radical (unpaired) electrons. The maximum Gasteiger partial charge on any atom is 0.185 e. The summed E-state index contributed by atoms with van der Waals surface area (Å²) in [6.07, 6.45) is 6.87. The number of benzene rings is 2. The van der Waals surface area contributed by atoms with Gasteiger partial charge in [-0.25, -0.2) is 0 Å². The first kappa shape index (κ1) is 24.7. The minimum absolute atomic E-state index is 0.0344. The van der Waals surface area contributed by atoms with Crippen LogP contribution in [0.4, 0.5) is 0 Å². The van der Waals surface area contributed by atoms with E-state index >= 15 is 0 Å². The van der Waals surface area contributed by atoms with Crippen LogP contribution >= 0.6 is 11.8 Å². The van der Waals surface area contributed by atoms with Crippen LogP contribution in [-0.2, 0) is 11.2 Å². The lowest BCUT2D eigenvalue weighted by atomic mass is 9.51. The van der Waals surface area contributed by atoms with Gasteiger partial charge in [0.05, 0.1) is 12.7 Å². The molecule has 0 amide bonds. The maximum absolute atomic E-state index is 11.0. The third kappa shape index (κ3) is 4.86. The number of aliphatic hydroxyl groups excluding tert-OH is 1. The van der Waals surface area contributed by atoms with Crippen molar-refractivity contribution < 1.29 is 19.7 Å². The first-order chi connectivity index (χ1) is 16.9. The van der Waals surface area contributed by atoms with Crippen LogP contribution in [0, 0.1) is 17.3 Å². The summed E-state index contributed by atoms with van der Waals surface area (Å²) in [5, 5.41) is 21.3. The monoisotopic (exact) mass is 494 g/mol. The highest BCUT2D eigenvalue weighted by Gasteiger charge is 2.57. The van der Waals surface area contributed by atoms with Crippen molar-refractivity contribution in [3.63, 3.8) is 0 Å². The Hall–Kier alpha value is -1.98. The summed E-state index contributed by atoms with van der Waals surface area (Å²) in [5.74, 6) is 3.99. The van der Waals surface area contributed by atoms with Gasteiger partial charge in [0.1, 0.15) is 11.5 Å². The summed E-state index contributed by atoms with van der Waals surface area (Å²) in [6, 6.07) is 14.6. The van der Waals surface area contributed by atoms with Gasteiger partial charge in [-0.15, -0.1) is 0 Å². The molecule has 0 heterocycles. The van der Waals surface area contributed by atoms with E-state index in [9.17, 15) is 15.0 Å². The van der Waals surface area contributed by atoms with Crippen molar-refractivity contribution >= 4 is 16.9 Å². The number of ether oxygens (including phenoxy) is 1. The number of phenolic OH excluding ortho intramolecular Hbond substituents is 1. The Morgan fingerprint density at radius 2 is 1.91 bits per heavy atom. The number of thioether (sulfide) groups is 1. The van der Waals surface area contributed by atoms with Gasteiger partial charge in [-0.05, 0) is 115 Å². The average Bonchev–Trinajstić information content (AvgIpc) is 3.14. The Labute approximate surface area is 213 Å². The highest BCUT2D eigenvalue weighted by Crippen LogP contribution is 2.65. The molecule has 5 heteroatoms. The van der Waals surface area contributed by atoms with Crippen molar-refractivity contribution in [3.8, 4) is 11.5 Å². The molecule has 2 aromatic rings. The van der Waals surface area contributed by atoms with Crippen LogP contribution in [0.1, 0.15) is 80.9 Å². The number of carbonyl (C=O) groups is 1. The van der Waals surface area contributed by atoms with Gasteiger partial charge in [0.15, 0.2) is 5.12 Å². The number of aliphatic hydroxyl groups is 1. The summed E-state index contributed by atoms with van der Waals surface area (Å²) >= 11 is 1.38. The largest absolute Gasteiger partial charge is 0.508 e. The van der Waals surface area contributed by atoms with Crippen LogP contribution in [0.2, 0.25) is 0 Å². The predicted octanol–water partition coefficient (Wildman–Crippen LogP) is 6.44. The normalized spacial score (nSPS) is 31.3. The van der Waals surface area contributed by atoms with Crippen molar-refractivity contribution in [2.24, 2.45) is 17.3 Å². The Morgan fingerprint density at radius 1 is 1.11 bits per heavy atom. The zero-order valence-corrected chi connectivity index (χ0v) is 21.7. The fourth-order valence-electron chi connectivity index (χ4n) is 7.41. The Kier molecular flexibility index (Phi) is 7.18. The summed E-state index contributed by atoms with van der Waals surface area (Å²) in [5.41, 5.74) is 3.98. The van der Waals surface area contributed by atoms with E-state index in [4.69, 9.17) is 4.74 Å². The van der Waals surface area contributed by atoms with Crippen LogP contribution in [0.25, 0.3) is 0 Å². The molecule has 188 valence electrons. The molecule has 3 aliphatic rings. The van der Waals surface area contributed by atoms with Crippen molar-refractivity contribution in [2.45, 2.75) is 76.7 Å². The van der Waals surface area contributed by atoms with E-state index in [0.717, 1.165) is 56.4 Å². The molecule has 4 nitrogen and oxygen atoms in total. The molecule has 0 aliphatic heterocycles. The van der Waals surface area contributed by atoms with Gasteiger partial charge in [-0.1, -0.05) is 36.9 Å². The molecule has 35 heavy (non-hydrogen) atoms. The average molecular weight is 495 g/mol. The third-order valence-electron chi connectivity index (χ3n) is 9.08. The zero-order valence-electron chi connectivity index (χ0n) is 20.9. The lowest BCUT2D eigenvalue weighted by molar-refractivity contribution is -0.109. The molecular weight excluding hydrogens is 456 g/mol. The second kappa shape index (κ2) is 10.2. The first-order valence-electron chi connectivity index (χ1n) is 13.2. The minimum Gasteiger partial charge on any atom is -0.508 e. The molecule has 6 atom stereocenters. The van der Waals surface area contributed by atoms with Crippen LogP contribution < -0.4 is 4.74 Å². The summed E-state index contributed by atoms with van der Waals surface area (Å²) in [4.78, 5) is 11.0. The summed E-state index contributed by atoms with van der Waals surface area (Å²) < 4.78 is 5.98. The van der Waals surface area contributed by atoms with Gasteiger partial charge >= 0.3 is 0 Å². The molecule has 2 fully saturated rings. The number of unbranched alkanes of at least 4 members (excludes halogenated alkanes) is 1. The smallest absolute Gasteiger partial charge is 0.185 e. The van der Waals surface area contributed by atoms with E-state index in [1.807, 2.05) is 12.1 Å². The molecule has 0 saturated heterocycles. The summed E-state index contributed by atoms with van der Waals surface area (Å²) in [6.45, 7) is 4.60. The molecule has 0 spiro atoms. The van der Waals surface area contributed by atoms with Crippen LogP contribution in [-0.4, -0.2) is 33.8 Å². The van der Waals surface area contributed by atoms with E-state index < -0.39 is 0 Å². The number of carbonyl (C=O) groups excluding carboxylic acids is 1. The number of phenols is 1. The highest BCUT2D eigenvalue weighted by molar-refractivity contribution is 8.13. The lowest BCUT2D eigenvalue weighted by Gasteiger charge is -2.54. The Bertz CT molecular complexity index is 1050. The molecule has 0 unspecified atom stereocenters. The van der Waals surface area contributed by atoms with E-state index in [0.29, 0.717) is 36.0 Å². The number of fused-ring (bicyclic) bond motifs is 5. The highest BCUT2D eigenvalue weighted by atomic mass is 32.2. The van der Waals surface area contributed by atoms with Crippen LogP contribution in [0.5, 0.6) is 11.5 Å². The minimum atomic E-state index is -0.221. The van der Waals surface area contributed by atoms with Gasteiger partial charge in [0, 0.05) is 12.7 Å².